The molecule has 5 heteroatoms. The lowest BCUT2D eigenvalue weighted by Gasteiger charge is -2.37. The number of methoxy groups -OCH3 is 1. The van der Waals surface area contributed by atoms with Crippen molar-refractivity contribution in [3.05, 3.63) is 34.9 Å². The minimum absolute atomic E-state index is 0.0173. The van der Waals surface area contributed by atoms with Crippen LogP contribution >= 0.6 is 0 Å². The van der Waals surface area contributed by atoms with Crippen LogP contribution in [0.5, 0.6) is 0 Å². The topological polar surface area (TPSA) is 58.6 Å². The average molecular weight is 358 g/mol. The van der Waals surface area contributed by atoms with Gasteiger partial charge in [-0.05, 0) is 49.7 Å². The second-order valence-corrected chi connectivity index (χ2v) is 7.98. The summed E-state index contributed by atoms with van der Waals surface area (Å²) in [6.07, 6.45) is 2.29. The number of aryl methyl sites for hydroxylation is 2. The predicted molar refractivity (Wildman–Crippen MR) is 101 cm³/mol. The Morgan fingerprint density at radius 2 is 1.88 bits per heavy atom. The average Bonchev–Trinajstić information content (AvgIpc) is 2.99. The molecule has 2 amide bonds. The molecule has 142 valence electrons. The highest BCUT2D eigenvalue weighted by Gasteiger charge is 2.43. The fourth-order valence-electron chi connectivity index (χ4n) is 4.56. The van der Waals surface area contributed by atoms with Gasteiger partial charge in [-0.3, -0.25) is 9.59 Å². The Balaban J connectivity index is 1.65. The maximum Gasteiger partial charge on any atom is 0.227 e. The number of hydrogen-bond acceptors (Lipinski definition) is 3. The highest BCUT2D eigenvalue weighted by atomic mass is 16.5. The van der Waals surface area contributed by atoms with Gasteiger partial charge in [-0.15, -0.1) is 0 Å². The maximum absolute atomic E-state index is 12.9. The van der Waals surface area contributed by atoms with Crippen LogP contribution in [0.3, 0.4) is 0 Å². The SMILES string of the molecule is CO[C@@H]1C[C@H]2CN(C(=O)Cc3cc(C)ccc3C)C[C@H]2C[C@H]1NC(C)=O. The van der Waals surface area contributed by atoms with Crippen molar-refractivity contribution >= 4 is 11.8 Å². The molecule has 26 heavy (non-hydrogen) atoms. The highest BCUT2D eigenvalue weighted by molar-refractivity contribution is 5.79. The lowest BCUT2D eigenvalue weighted by Crippen LogP contribution is -2.49. The van der Waals surface area contributed by atoms with E-state index in [-0.39, 0.29) is 24.0 Å². The monoisotopic (exact) mass is 358 g/mol. The molecule has 4 atom stereocenters. The zero-order valence-electron chi connectivity index (χ0n) is 16.2. The van der Waals surface area contributed by atoms with Crippen molar-refractivity contribution < 1.29 is 14.3 Å². The molecule has 2 fully saturated rings. The van der Waals surface area contributed by atoms with E-state index in [0.717, 1.165) is 31.5 Å². The van der Waals surface area contributed by atoms with Gasteiger partial charge in [0.15, 0.2) is 0 Å². The molecule has 0 radical (unpaired) electrons. The number of benzene rings is 1. The Kier molecular flexibility index (Phi) is 5.66. The van der Waals surface area contributed by atoms with E-state index in [1.165, 1.54) is 11.1 Å². The Bertz CT molecular complexity index is 688. The highest BCUT2D eigenvalue weighted by Crippen LogP contribution is 2.37. The first-order valence-corrected chi connectivity index (χ1v) is 9.51. The molecule has 1 N–H and O–H groups in total. The van der Waals surface area contributed by atoms with Crippen molar-refractivity contribution in [3.8, 4) is 0 Å². The normalized spacial score (nSPS) is 27.9. The smallest absolute Gasteiger partial charge is 0.227 e. The molecule has 1 aromatic carbocycles. The first-order valence-electron chi connectivity index (χ1n) is 9.51. The molecule has 3 rings (SSSR count). The fourth-order valence-corrected chi connectivity index (χ4v) is 4.56. The van der Waals surface area contributed by atoms with Gasteiger partial charge in [0.1, 0.15) is 0 Å². The van der Waals surface area contributed by atoms with Crippen molar-refractivity contribution in [1.82, 2.24) is 10.2 Å². The minimum atomic E-state index is -0.0173. The van der Waals surface area contributed by atoms with Crippen molar-refractivity contribution in [1.29, 1.82) is 0 Å². The maximum atomic E-state index is 12.9. The molecule has 1 saturated carbocycles. The zero-order chi connectivity index (χ0) is 18.8. The molecule has 0 aromatic heterocycles. The van der Waals surface area contributed by atoms with Crippen molar-refractivity contribution in [2.75, 3.05) is 20.2 Å². The van der Waals surface area contributed by atoms with Gasteiger partial charge in [0.25, 0.3) is 0 Å². The van der Waals surface area contributed by atoms with Crippen LogP contribution in [0.4, 0.5) is 0 Å². The lowest BCUT2D eigenvalue weighted by molar-refractivity contribution is -0.129. The molecular formula is C21H30N2O3. The molecule has 0 unspecified atom stereocenters. The van der Waals surface area contributed by atoms with Crippen LogP contribution in [0.15, 0.2) is 18.2 Å². The molecule has 5 nitrogen and oxygen atoms in total. The number of rotatable bonds is 4. The second-order valence-electron chi connectivity index (χ2n) is 7.98. The van der Waals surface area contributed by atoms with Crippen molar-refractivity contribution in [3.63, 3.8) is 0 Å². The molecule has 1 aromatic rings. The van der Waals surface area contributed by atoms with E-state index < -0.39 is 0 Å². The second kappa shape index (κ2) is 7.78. The third-order valence-electron chi connectivity index (χ3n) is 6.01. The van der Waals surface area contributed by atoms with E-state index in [9.17, 15) is 9.59 Å². The Labute approximate surface area is 156 Å². The summed E-state index contributed by atoms with van der Waals surface area (Å²) >= 11 is 0. The summed E-state index contributed by atoms with van der Waals surface area (Å²) < 4.78 is 5.61. The van der Waals surface area contributed by atoms with E-state index in [2.05, 4.69) is 37.4 Å². The van der Waals surface area contributed by atoms with E-state index >= 15 is 0 Å². The van der Waals surface area contributed by atoms with Crippen LogP contribution in [0.25, 0.3) is 0 Å². The largest absolute Gasteiger partial charge is 0.379 e. The number of carbonyl (C=O) groups excluding carboxylic acids is 2. The van der Waals surface area contributed by atoms with Gasteiger partial charge in [0.2, 0.25) is 11.8 Å². The number of carbonyl (C=O) groups is 2. The van der Waals surface area contributed by atoms with Crippen LogP contribution in [-0.2, 0) is 20.7 Å². The van der Waals surface area contributed by atoms with Crippen LogP contribution in [0.1, 0.15) is 36.5 Å². The van der Waals surface area contributed by atoms with Crippen LogP contribution in [0, 0.1) is 25.7 Å². The van der Waals surface area contributed by atoms with Crippen LogP contribution < -0.4 is 5.32 Å². The molecule has 1 saturated heterocycles. The first-order chi connectivity index (χ1) is 12.4. The van der Waals surface area contributed by atoms with Crippen molar-refractivity contribution in [2.24, 2.45) is 11.8 Å². The summed E-state index contributed by atoms with van der Waals surface area (Å²) in [5.74, 6) is 1.10. The summed E-state index contributed by atoms with van der Waals surface area (Å²) in [5, 5.41) is 3.03. The number of amides is 2. The molecule has 0 bridgehead atoms. The molecule has 1 aliphatic heterocycles. The minimum Gasteiger partial charge on any atom is -0.379 e. The van der Waals surface area contributed by atoms with Crippen LogP contribution in [0.2, 0.25) is 0 Å². The van der Waals surface area contributed by atoms with E-state index in [0.29, 0.717) is 18.3 Å². The van der Waals surface area contributed by atoms with Crippen LogP contribution in [-0.4, -0.2) is 49.1 Å². The quantitative estimate of drug-likeness (QED) is 0.898. The predicted octanol–water partition coefficient (Wildman–Crippen LogP) is 2.23. The van der Waals surface area contributed by atoms with E-state index in [1.807, 2.05) is 4.90 Å². The zero-order valence-corrected chi connectivity index (χ0v) is 16.2. The summed E-state index contributed by atoms with van der Waals surface area (Å²) in [5.41, 5.74) is 3.48. The fraction of sp³-hybridized carbons (Fsp3) is 0.619. The van der Waals surface area contributed by atoms with Gasteiger partial charge in [-0.25, -0.2) is 0 Å². The Morgan fingerprint density at radius 3 is 2.54 bits per heavy atom. The standard InChI is InChI=1S/C21H30N2O3/c1-13-5-6-14(2)16(7-13)10-21(25)23-11-17-8-19(22-15(3)24)20(26-4)9-18(17)12-23/h5-7,17-20H,8-12H2,1-4H3,(H,22,24)/t17-,18+,19-,20-/m1/s1. The van der Waals surface area contributed by atoms with Gasteiger partial charge in [-0.1, -0.05) is 23.8 Å². The van der Waals surface area contributed by atoms with Gasteiger partial charge < -0.3 is 15.0 Å². The van der Waals surface area contributed by atoms with E-state index in [1.54, 1.807) is 14.0 Å². The number of likely N-dealkylation sites (tertiary alicyclic amines) is 1. The third kappa shape index (κ3) is 4.09. The van der Waals surface area contributed by atoms with E-state index in [4.69, 9.17) is 4.74 Å². The van der Waals surface area contributed by atoms with Gasteiger partial charge in [0, 0.05) is 27.1 Å². The number of hydrogen-bond donors (Lipinski definition) is 1. The first kappa shape index (κ1) is 18.9. The number of nitrogens with one attached hydrogen (secondary N) is 1. The number of ether oxygens (including phenoxy) is 1. The molecule has 1 heterocycles. The molecule has 1 aliphatic carbocycles. The number of nitrogens with zero attached hydrogens (tertiary/aromatic N) is 1. The Morgan fingerprint density at radius 1 is 1.19 bits per heavy atom. The summed E-state index contributed by atoms with van der Waals surface area (Å²) in [4.78, 5) is 26.3. The summed E-state index contributed by atoms with van der Waals surface area (Å²) in [6, 6.07) is 6.33. The number of fused-ring (bicyclic) bond motifs is 1. The van der Waals surface area contributed by atoms with Gasteiger partial charge in [-0.2, -0.15) is 0 Å². The third-order valence-corrected chi connectivity index (χ3v) is 6.01. The van der Waals surface area contributed by atoms with Gasteiger partial charge in [0.05, 0.1) is 18.6 Å². The molecule has 0 spiro atoms. The Hall–Kier alpha value is -1.88. The van der Waals surface area contributed by atoms with Crippen molar-refractivity contribution in [2.45, 2.75) is 52.2 Å². The summed E-state index contributed by atoms with van der Waals surface area (Å²) in [6.45, 7) is 7.27. The molecular weight excluding hydrogens is 328 g/mol. The lowest BCUT2D eigenvalue weighted by atomic mass is 9.77. The summed E-state index contributed by atoms with van der Waals surface area (Å²) in [7, 11) is 1.71. The molecule has 2 aliphatic rings. The van der Waals surface area contributed by atoms with Gasteiger partial charge >= 0.3 is 0 Å².